The Labute approximate surface area is 130 Å². The van der Waals surface area contributed by atoms with E-state index in [0.29, 0.717) is 0 Å². The molecule has 4 aromatic rings. The van der Waals surface area contributed by atoms with Crippen molar-refractivity contribution in [3.63, 3.8) is 0 Å². The van der Waals surface area contributed by atoms with Crippen LogP contribution in [0.2, 0.25) is 0 Å². The van der Waals surface area contributed by atoms with Crippen molar-refractivity contribution in [2.45, 2.75) is 13.8 Å². The Bertz CT molecular complexity index is 1030. The standard InChI is InChI=1S/C21H18O/c1-13-15-7-4-5-8-16(15)14(2)21-17(13)11-12-18-19(21)9-6-10-20(18)22-3/h4-12H,1-3H3. The Balaban J connectivity index is 2.32. The summed E-state index contributed by atoms with van der Waals surface area (Å²) in [7, 11) is 1.73. The minimum Gasteiger partial charge on any atom is -0.496 e. The van der Waals surface area contributed by atoms with Crippen LogP contribution >= 0.6 is 0 Å². The van der Waals surface area contributed by atoms with Gasteiger partial charge >= 0.3 is 0 Å². The quantitative estimate of drug-likeness (QED) is 0.319. The molecule has 4 aromatic carbocycles. The fourth-order valence-electron chi connectivity index (χ4n) is 3.64. The molecule has 0 saturated heterocycles. The van der Waals surface area contributed by atoms with Gasteiger partial charge in [0.05, 0.1) is 7.11 Å². The zero-order valence-electron chi connectivity index (χ0n) is 13.1. The van der Waals surface area contributed by atoms with Gasteiger partial charge in [0.1, 0.15) is 5.75 Å². The van der Waals surface area contributed by atoms with Crippen LogP contribution in [0.4, 0.5) is 0 Å². The van der Waals surface area contributed by atoms with E-state index in [4.69, 9.17) is 4.74 Å². The second-order valence-corrected chi connectivity index (χ2v) is 5.84. The Morgan fingerprint density at radius 2 is 1.23 bits per heavy atom. The molecular formula is C21H18O. The number of aryl methyl sites for hydroxylation is 2. The Hall–Kier alpha value is -2.54. The summed E-state index contributed by atoms with van der Waals surface area (Å²) in [6.45, 7) is 4.44. The van der Waals surface area contributed by atoms with Gasteiger partial charge in [-0.2, -0.15) is 0 Å². The summed E-state index contributed by atoms with van der Waals surface area (Å²) in [6.07, 6.45) is 0. The molecule has 0 N–H and O–H groups in total. The summed E-state index contributed by atoms with van der Waals surface area (Å²) in [5.74, 6) is 0.935. The number of ether oxygens (including phenoxy) is 1. The molecule has 108 valence electrons. The molecule has 0 aliphatic rings. The molecule has 0 unspecified atom stereocenters. The molecule has 0 aliphatic heterocycles. The summed E-state index contributed by atoms with van der Waals surface area (Å²) in [4.78, 5) is 0. The average molecular weight is 286 g/mol. The van der Waals surface area contributed by atoms with Crippen LogP contribution in [-0.2, 0) is 0 Å². The fraction of sp³-hybridized carbons (Fsp3) is 0.143. The number of hydrogen-bond donors (Lipinski definition) is 0. The maximum atomic E-state index is 5.53. The van der Waals surface area contributed by atoms with E-state index >= 15 is 0 Å². The van der Waals surface area contributed by atoms with Gasteiger partial charge in [0.15, 0.2) is 0 Å². The zero-order valence-corrected chi connectivity index (χ0v) is 13.1. The zero-order chi connectivity index (χ0) is 15.3. The molecule has 0 aromatic heterocycles. The molecular weight excluding hydrogens is 268 g/mol. The maximum absolute atomic E-state index is 5.53. The number of fused-ring (bicyclic) bond motifs is 4. The third-order valence-corrected chi connectivity index (χ3v) is 4.76. The van der Waals surface area contributed by atoms with Gasteiger partial charge in [-0.3, -0.25) is 0 Å². The van der Waals surface area contributed by atoms with Crippen molar-refractivity contribution in [2.75, 3.05) is 7.11 Å². The van der Waals surface area contributed by atoms with Crippen molar-refractivity contribution in [1.82, 2.24) is 0 Å². The summed E-state index contributed by atoms with van der Waals surface area (Å²) in [6, 6.07) is 19.4. The molecule has 0 bridgehead atoms. The lowest BCUT2D eigenvalue weighted by Gasteiger charge is -2.15. The molecule has 22 heavy (non-hydrogen) atoms. The Kier molecular flexibility index (Phi) is 2.83. The smallest absolute Gasteiger partial charge is 0.126 e. The Morgan fingerprint density at radius 3 is 1.95 bits per heavy atom. The maximum Gasteiger partial charge on any atom is 0.126 e. The highest BCUT2D eigenvalue weighted by atomic mass is 16.5. The van der Waals surface area contributed by atoms with Crippen LogP contribution < -0.4 is 4.74 Å². The minimum atomic E-state index is 0.935. The third-order valence-electron chi connectivity index (χ3n) is 4.76. The van der Waals surface area contributed by atoms with Crippen LogP contribution in [-0.4, -0.2) is 7.11 Å². The highest BCUT2D eigenvalue weighted by Gasteiger charge is 2.12. The molecule has 0 fully saturated rings. The van der Waals surface area contributed by atoms with E-state index in [0.717, 1.165) is 5.75 Å². The van der Waals surface area contributed by atoms with Crippen molar-refractivity contribution in [1.29, 1.82) is 0 Å². The van der Waals surface area contributed by atoms with Crippen LogP contribution in [0.5, 0.6) is 5.75 Å². The van der Waals surface area contributed by atoms with Gasteiger partial charge in [-0.1, -0.05) is 48.5 Å². The van der Waals surface area contributed by atoms with Crippen LogP contribution in [0.1, 0.15) is 11.1 Å². The molecule has 4 rings (SSSR count). The molecule has 0 aliphatic carbocycles. The fourth-order valence-corrected chi connectivity index (χ4v) is 3.64. The van der Waals surface area contributed by atoms with Gasteiger partial charge in [0.25, 0.3) is 0 Å². The van der Waals surface area contributed by atoms with Crippen LogP contribution in [0.25, 0.3) is 32.3 Å². The summed E-state index contributed by atoms with van der Waals surface area (Å²) in [5, 5.41) is 7.79. The first-order valence-electron chi connectivity index (χ1n) is 7.59. The number of hydrogen-bond acceptors (Lipinski definition) is 1. The first kappa shape index (κ1) is 13.1. The van der Waals surface area contributed by atoms with Crippen molar-refractivity contribution in [3.05, 3.63) is 65.7 Å². The highest BCUT2D eigenvalue weighted by Crippen LogP contribution is 2.38. The van der Waals surface area contributed by atoms with Crippen molar-refractivity contribution in [2.24, 2.45) is 0 Å². The van der Waals surface area contributed by atoms with E-state index in [-0.39, 0.29) is 0 Å². The molecule has 0 atom stereocenters. The van der Waals surface area contributed by atoms with E-state index in [1.807, 2.05) is 6.07 Å². The van der Waals surface area contributed by atoms with Gasteiger partial charge in [0.2, 0.25) is 0 Å². The van der Waals surface area contributed by atoms with E-state index in [1.165, 1.54) is 43.4 Å². The predicted molar refractivity (Wildman–Crippen MR) is 95.0 cm³/mol. The molecule has 1 nitrogen and oxygen atoms in total. The number of methoxy groups -OCH3 is 1. The van der Waals surface area contributed by atoms with Gasteiger partial charge < -0.3 is 4.74 Å². The van der Waals surface area contributed by atoms with Gasteiger partial charge in [-0.15, -0.1) is 0 Å². The summed E-state index contributed by atoms with van der Waals surface area (Å²) in [5.41, 5.74) is 2.69. The van der Waals surface area contributed by atoms with Gasteiger partial charge in [0, 0.05) is 5.39 Å². The van der Waals surface area contributed by atoms with Gasteiger partial charge in [-0.05, 0) is 58.0 Å². The van der Waals surface area contributed by atoms with Crippen molar-refractivity contribution >= 4 is 32.3 Å². The highest BCUT2D eigenvalue weighted by molar-refractivity contribution is 6.17. The lowest BCUT2D eigenvalue weighted by Crippen LogP contribution is -1.91. The van der Waals surface area contributed by atoms with Crippen molar-refractivity contribution < 1.29 is 4.74 Å². The topological polar surface area (TPSA) is 9.23 Å². The van der Waals surface area contributed by atoms with E-state index < -0.39 is 0 Å². The third kappa shape index (κ3) is 1.66. The van der Waals surface area contributed by atoms with Crippen LogP contribution in [0, 0.1) is 13.8 Å². The molecule has 0 saturated carbocycles. The van der Waals surface area contributed by atoms with Crippen LogP contribution in [0.15, 0.2) is 54.6 Å². The second-order valence-electron chi connectivity index (χ2n) is 5.84. The lowest BCUT2D eigenvalue weighted by molar-refractivity contribution is 0.420. The summed E-state index contributed by atoms with van der Waals surface area (Å²) < 4.78 is 5.53. The second kappa shape index (κ2) is 4.74. The van der Waals surface area contributed by atoms with Crippen LogP contribution in [0.3, 0.4) is 0 Å². The number of benzene rings is 4. The predicted octanol–water partition coefficient (Wildman–Crippen LogP) is 5.77. The summed E-state index contributed by atoms with van der Waals surface area (Å²) >= 11 is 0. The monoisotopic (exact) mass is 286 g/mol. The SMILES string of the molecule is COc1cccc2c1ccc1c(C)c3ccccc3c(C)c12. The average Bonchev–Trinajstić information content (AvgIpc) is 2.58. The van der Waals surface area contributed by atoms with E-state index in [2.05, 4.69) is 62.4 Å². The number of rotatable bonds is 1. The molecule has 0 spiro atoms. The molecule has 0 amide bonds. The Morgan fingerprint density at radius 1 is 0.591 bits per heavy atom. The normalized spacial score (nSPS) is 11.4. The minimum absolute atomic E-state index is 0.935. The lowest BCUT2D eigenvalue weighted by atomic mass is 9.90. The van der Waals surface area contributed by atoms with Crippen molar-refractivity contribution in [3.8, 4) is 5.75 Å². The molecule has 0 radical (unpaired) electrons. The van der Waals surface area contributed by atoms with E-state index in [1.54, 1.807) is 7.11 Å². The molecule has 0 heterocycles. The molecule has 1 heteroatoms. The first-order chi connectivity index (χ1) is 10.7. The van der Waals surface area contributed by atoms with E-state index in [9.17, 15) is 0 Å². The first-order valence-corrected chi connectivity index (χ1v) is 7.59. The largest absolute Gasteiger partial charge is 0.496 e. The van der Waals surface area contributed by atoms with Gasteiger partial charge in [-0.25, -0.2) is 0 Å².